The third kappa shape index (κ3) is 4.74. The maximum Gasteiger partial charge on any atom is 0.0782 e. The Kier molecular flexibility index (Phi) is 6.81. The van der Waals surface area contributed by atoms with Gasteiger partial charge in [-0.1, -0.05) is 133 Å². The lowest BCUT2D eigenvalue weighted by atomic mass is 10.1. The quantitative estimate of drug-likeness (QED) is 0.174. The summed E-state index contributed by atoms with van der Waals surface area (Å²) in [6, 6.07) is 72.1. The molecular weight excluding hydrogens is 619 g/mol. The van der Waals surface area contributed by atoms with Gasteiger partial charge >= 0.3 is 0 Å². The number of hydrogen-bond donors (Lipinski definition) is 0. The highest BCUT2D eigenvalue weighted by Crippen LogP contribution is 2.45. The lowest BCUT2D eigenvalue weighted by molar-refractivity contribution is 1.16. The van der Waals surface area contributed by atoms with E-state index in [0.717, 1.165) is 34.0 Å². The molecular formula is C48H33N3. The van der Waals surface area contributed by atoms with Gasteiger partial charge < -0.3 is 14.0 Å². The summed E-state index contributed by atoms with van der Waals surface area (Å²) in [4.78, 5) is 2.42. The predicted octanol–water partition coefficient (Wildman–Crippen LogP) is 13.0. The fourth-order valence-corrected chi connectivity index (χ4v) is 7.86. The molecule has 8 aromatic carbocycles. The summed E-state index contributed by atoms with van der Waals surface area (Å²) < 4.78 is 4.84. The summed E-state index contributed by atoms with van der Waals surface area (Å²) in [6.45, 7) is 0. The highest BCUT2D eigenvalue weighted by Gasteiger charge is 2.23. The third-order valence-electron chi connectivity index (χ3n) is 10.1. The maximum atomic E-state index is 2.45. The van der Waals surface area contributed by atoms with Crippen molar-refractivity contribution in [2.75, 3.05) is 4.90 Å². The Labute approximate surface area is 296 Å². The van der Waals surface area contributed by atoms with Gasteiger partial charge in [-0.2, -0.15) is 0 Å². The lowest BCUT2D eigenvalue weighted by Gasteiger charge is -2.27. The van der Waals surface area contributed by atoms with E-state index in [9.17, 15) is 0 Å². The van der Waals surface area contributed by atoms with Crippen LogP contribution >= 0.6 is 0 Å². The molecule has 2 heterocycles. The Morgan fingerprint density at radius 1 is 0.314 bits per heavy atom. The molecule has 3 nitrogen and oxygen atoms in total. The molecule has 0 atom stereocenters. The summed E-state index contributed by atoms with van der Waals surface area (Å²) >= 11 is 0. The topological polar surface area (TPSA) is 13.1 Å². The number of anilines is 3. The SMILES string of the molecule is c1ccc(-c2cccc(-n3c4ccccc4c4cccc(N(c5ccccc5)c5ccc6c7ccccc7n(-c7ccccc7)c6c5)c43)c2)cc1. The Morgan fingerprint density at radius 2 is 0.863 bits per heavy atom. The van der Waals surface area contributed by atoms with Crippen LogP contribution in [0.3, 0.4) is 0 Å². The molecule has 0 unspecified atom stereocenters. The standard InChI is InChI=1S/C48H33N3/c1-4-16-34(17-5-1)35-18-14-23-38(32-35)51-45-28-13-11-25-41(45)43-26-15-29-46(48(43)51)49(36-19-6-2-7-20-36)39-30-31-42-40-24-10-12-27-44(40)50(47(42)33-39)37-21-8-3-9-22-37/h1-33H. The van der Waals surface area contributed by atoms with Crippen molar-refractivity contribution in [3.63, 3.8) is 0 Å². The minimum atomic E-state index is 1.09. The molecule has 240 valence electrons. The van der Waals surface area contributed by atoms with E-state index >= 15 is 0 Å². The zero-order chi connectivity index (χ0) is 33.7. The molecule has 0 N–H and O–H groups in total. The van der Waals surface area contributed by atoms with Gasteiger partial charge in [-0.15, -0.1) is 0 Å². The molecule has 0 aliphatic carbocycles. The van der Waals surface area contributed by atoms with Crippen LogP contribution in [0, 0.1) is 0 Å². The van der Waals surface area contributed by atoms with E-state index in [4.69, 9.17) is 0 Å². The van der Waals surface area contributed by atoms with Crippen molar-refractivity contribution in [1.82, 2.24) is 9.13 Å². The molecule has 0 spiro atoms. The van der Waals surface area contributed by atoms with Gasteiger partial charge in [-0.05, 0) is 77.9 Å². The van der Waals surface area contributed by atoms with Crippen molar-refractivity contribution < 1.29 is 0 Å². The number of para-hydroxylation sites is 5. The molecule has 0 saturated carbocycles. The monoisotopic (exact) mass is 651 g/mol. The van der Waals surface area contributed by atoms with E-state index in [1.165, 1.54) is 49.2 Å². The first kappa shape index (κ1) is 29.1. The van der Waals surface area contributed by atoms with Crippen molar-refractivity contribution in [1.29, 1.82) is 0 Å². The van der Waals surface area contributed by atoms with Crippen LogP contribution in [0.25, 0.3) is 66.1 Å². The minimum Gasteiger partial charge on any atom is -0.309 e. The van der Waals surface area contributed by atoms with Gasteiger partial charge in [0.05, 0.1) is 27.8 Å². The van der Waals surface area contributed by atoms with Crippen molar-refractivity contribution in [2.45, 2.75) is 0 Å². The number of nitrogens with zero attached hydrogens (tertiary/aromatic N) is 3. The smallest absolute Gasteiger partial charge is 0.0782 e. The Morgan fingerprint density at radius 3 is 1.63 bits per heavy atom. The van der Waals surface area contributed by atoms with Crippen LogP contribution < -0.4 is 4.90 Å². The number of hydrogen-bond acceptors (Lipinski definition) is 1. The lowest BCUT2D eigenvalue weighted by Crippen LogP contribution is -2.11. The van der Waals surface area contributed by atoms with Crippen molar-refractivity contribution in [3.05, 3.63) is 200 Å². The molecule has 51 heavy (non-hydrogen) atoms. The first-order valence-corrected chi connectivity index (χ1v) is 17.5. The van der Waals surface area contributed by atoms with Gasteiger partial charge in [0.15, 0.2) is 0 Å². The molecule has 0 fully saturated rings. The van der Waals surface area contributed by atoms with Crippen LogP contribution in [-0.2, 0) is 0 Å². The summed E-state index contributed by atoms with van der Waals surface area (Å²) in [6.07, 6.45) is 0. The van der Waals surface area contributed by atoms with Gasteiger partial charge in [-0.3, -0.25) is 0 Å². The normalized spacial score (nSPS) is 11.5. The van der Waals surface area contributed by atoms with E-state index in [1.807, 2.05) is 0 Å². The Balaban J connectivity index is 1.27. The predicted molar refractivity (Wildman–Crippen MR) is 215 cm³/mol. The van der Waals surface area contributed by atoms with Crippen LogP contribution in [0.2, 0.25) is 0 Å². The van der Waals surface area contributed by atoms with Crippen molar-refractivity contribution in [3.8, 4) is 22.5 Å². The van der Waals surface area contributed by atoms with Gasteiger partial charge in [0.25, 0.3) is 0 Å². The average Bonchev–Trinajstić information content (AvgIpc) is 3.72. The fraction of sp³-hybridized carbons (Fsp3) is 0. The molecule has 2 aromatic heterocycles. The van der Waals surface area contributed by atoms with Gasteiger partial charge in [0, 0.05) is 44.3 Å². The second-order valence-corrected chi connectivity index (χ2v) is 13.0. The van der Waals surface area contributed by atoms with Gasteiger partial charge in [0.1, 0.15) is 0 Å². The molecule has 10 rings (SSSR count). The van der Waals surface area contributed by atoms with E-state index in [2.05, 4.69) is 214 Å². The number of rotatable bonds is 6. The second-order valence-electron chi connectivity index (χ2n) is 13.0. The Hall–Kier alpha value is -6.84. The molecule has 0 saturated heterocycles. The summed E-state index contributed by atoms with van der Waals surface area (Å²) in [5, 5.41) is 4.92. The molecule has 0 bridgehead atoms. The first-order chi connectivity index (χ1) is 25.3. The maximum absolute atomic E-state index is 2.45. The van der Waals surface area contributed by atoms with Crippen LogP contribution in [-0.4, -0.2) is 9.13 Å². The largest absolute Gasteiger partial charge is 0.309 e. The average molecular weight is 652 g/mol. The molecule has 0 aliphatic heterocycles. The van der Waals surface area contributed by atoms with Gasteiger partial charge in [0.2, 0.25) is 0 Å². The van der Waals surface area contributed by atoms with E-state index in [0.29, 0.717) is 0 Å². The van der Waals surface area contributed by atoms with Crippen LogP contribution in [0.15, 0.2) is 200 Å². The van der Waals surface area contributed by atoms with Gasteiger partial charge in [-0.25, -0.2) is 0 Å². The van der Waals surface area contributed by atoms with E-state index in [-0.39, 0.29) is 0 Å². The number of aromatic nitrogens is 2. The minimum absolute atomic E-state index is 1.09. The fourth-order valence-electron chi connectivity index (χ4n) is 7.86. The second kappa shape index (κ2) is 11.9. The number of fused-ring (bicyclic) bond motifs is 6. The van der Waals surface area contributed by atoms with Crippen molar-refractivity contribution in [2.24, 2.45) is 0 Å². The summed E-state index contributed by atoms with van der Waals surface area (Å²) in [5.41, 5.74) is 12.7. The molecule has 0 aliphatic rings. The molecule has 0 radical (unpaired) electrons. The van der Waals surface area contributed by atoms with Crippen molar-refractivity contribution >= 4 is 60.7 Å². The van der Waals surface area contributed by atoms with E-state index < -0.39 is 0 Å². The highest BCUT2D eigenvalue weighted by molar-refractivity contribution is 6.15. The molecule has 10 aromatic rings. The highest BCUT2D eigenvalue weighted by atomic mass is 15.2. The summed E-state index contributed by atoms with van der Waals surface area (Å²) in [7, 11) is 0. The van der Waals surface area contributed by atoms with E-state index in [1.54, 1.807) is 0 Å². The first-order valence-electron chi connectivity index (χ1n) is 17.5. The van der Waals surface area contributed by atoms with Crippen LogP contribution in [0.5, 0.6) is 0 Å². The zero-order valence-electron chi connectivity index (χ0n) is 27.9. The Bertz CT molecular complexity index is 2850. The molecule has 0 amide bonds. The van der Waals surface area contributed by atoms with Crippen LogP contribution in [0.4, 0.5) is 17.1 Å². The summed E-state index contributed by atoms with van der Waals surface area (Å²) in [5.74, 6) is 0. The number of benzene rings is 8. The molecule has 3 heteroatoms. The van der Waals surface area contributed by atoms with Crippen LogP contribution in [0.1, 0.15) is 0 Å². The third-order valence-corrected chi connectivity index (χ3v) is 10.1. The zero-order valence-corrected chi connectivity index (χ0v) is 27.9.